The third kappa shape index (κ3) is 3.50. The second-order valence-electron chi connectivity index (χ2n) is 6.04. The first-order valence-corrected chi connectivity index (χ1v) is 8.20. The van der Waals surface area contributed by atoms with Crippen LogP contribution in [0.5, 0.6) is 0 Å². The Hall–Kier alpha value is -3.20. The predicted octanol–water partition coefficient (Wildman–Crippen LogP) is 2.86. The molecule has 0 aliphatic carbocycles. The van der Waals surface area contributed by atoms with Gasteiger partial charge in [-0.15, -0.1) is 0 Å². The van der Waals surface area contributed by atoms with Crippen molar-refractivity contribution in [3.63, 3.8) is 0 Å². The summed E-state index contributed by atoms with van der Waals surface area (Å²) in [6.07, 6.45) is 2.37. The van der Waals surface area contributed by atoms with E-state index in [1.807, 2.05) is 18.2 Å². The van der Waals surface area contributed by atoms with Crippen LogP contribution in [-0.2, 0) is 6.42 Å². The number of carbonyl (C=O) groups is 1. The highest BCUT2D eigenvalue weighted by Crippen LogP contribution is 2.19. The van der Waals surface area contributed by atoms with E-state index in [-0.39, 0.29) is 11.9 Å². The average Bonchev–Trinajstić information content (AvgIpc) is 3.00. The molecule has 0 unspecified atom stereocenters. The van der Waals surface area contributed by atoms with E-state index in [9.17, 15) is 4.79 Å². The molecule has 126 valence electrons. The van der Waals surface area contributed by atoms with Crippen LogP contribution in [0.3, 0.4) is 0 Å². The van der Waals surface area contributed by atoms with Gasteiger partial charge >= 0.3 is 0 Å². The van der Waals surface area contributed by atoms with Crippen LogP contribution in [0.4, 0.5) is 0 Å². The Morgan fingerprint density at radius 3 is 2.92 bits per heavy atom. The molecule has 0 fully saturated rings. The minimum atomic E-state index is -0.192. The van der Waals surface area contributed by atoms with Gasteiger partial charge in [-0.05, 0) is 44.2 Å². The Morgan fingerprint density at radius 2 is 2.16 bits per heavy atom. The zero-order chi connectivity index (χ0) is 17.8. The number of nitriles is 1. The summed E-state index contributed by atoms with van der Waals surface area (Å²) in [5, 5.41) is 11.8. The van der Waals surface area contributed by atoms with Gasteiger partial charge in [-0.2, -0.15) is 5.26 Å². The fraction of sp³-hybridized carbons (Fsp3) is 0.263. The number of pyridine rings is 1. The van der Waals surface area contributed by atoms with Crippen LogP contribution in [0.2, 0.25) is 0 Å². The summed E-state index contributed by atoms with van der Waals surface area (Å²) in [5.41, 5.74) is 2.68. The molecule has 0 saturated heterocycles. The number of benzene rings is 1. The van der Waals surface area contributed by atoms with Crippen molar-refractivity contribution in [3.8, 4) is 6.07 Å². The summed E-state index contributed by atoms with van der Waals surface area (Å²) in [6, 6.07) is 12.7. The van der Waals surface area contributed by atoms with Gasteiger partial charge in [0.1, 0.15) is 11.3 Å². The number of hydrogen-bond donors (Lipinski definition) is 1. The molecule has 3 rings (SSSR count). The lowest BCUT2D eigenvalue weighted by atomic mass is 10.1. The Morgan fingerprint density at radius 1 is 1.32 bits per heavy atom. The van der Waals surface area contributed by atoms with Crippen LogP contribution in [0, 0.1) is 11.3 Å². The number of aromatic nitrogens is 3. The smallest absolute Gasteiger partial charge is 0.251 e. The minimum Gasteiger partial charge on any atom is -0.352 e. The van der Waals surface area contributed by atoms with E-state index >= 15 is 0 Å². The van der Waals surface area contributed by atoms with Gasteiger partial charge in [-0.25, -0.2) is 9.97 Å². The molecule has 0 bridgehead atoms. The molecule has 0 saturated carbocycles. The van der Waals surface area contributed by atoms with Crippen LogP contribution in [0.15, 0.2) is 42.6 Å². The molecule has 0 atom stereocenters. The Kier molecular flexibility index (Phi) is 4.75. The molecule has 1 N–H and O–H groups in total. The highest BCUT2D eigenvalue weighted by molar-refractivity contribution is 5.94. The zero-order valence-electron chi connectivity index (χ0n) is 14.2. The maximum atomic E-state index is 12.2. The van der Waals surface area contributed by atoms with Gasteiger partial charge in [0.25, 0.3) is 5.91 Å². The summed E-state index contributed by atoms with van der Waals surface area (Å²) in [7, 11) is 0. The number of hydrogen-bond acceptors (Lipinski definition) is 4. The lowest BCUT2D eigenvalue weighted by Crippen LogP contribution is -2.26. The lowest BCUT2D eigenvalue weighted by Gasteiger charge is -2.12. The van der Waals surface area contributed by atoms with Crippen LogP contribution >= 0.6 is 0 Å². The number of amides is 1. The largest absolute Gasteiger partial charge is 0.352 e. The van der Waals surface area contributed by atoms with Crippen molar-refractivity contribution in [2.45, 2.75) is 26.3 Å². The quantitative estimate of drug-likeness (QED) is 0.778. The van der Waals surface area contributed by atoms with Crippen LogP contribution in [0.25, 0.3) is 11.2 Å². The Bertz CT molecular complexity index is 952. The van der Waals surface area contributed by atoms with E-state index in [2.05, 4.69) is 33.7 Å². The molecule has 0 spiro atoms. The topological polar surface area (TPSA) is 83.6 Å². The molecule has 6 heteroatoms. The second kappa shape index (κ2) is 7.14. The monoisotopic (exact) mass is 333 g/mol. The highest BCUT2D eigenvalue weighted by Gasteiger charge is 2.14. The molecule has 1 amide bonds. The van der Waals surface area contributed by atoms with Crippen LogP contribution in [-0.4, -0.2) is 27.0 Å². The molecule has 2 aromatic heterocycles. The molecular weight excluding hydrogens is 314 g/mol. The maximum absolute atomic E-state index is 12.2. The maximum Gasteiger partial charge on any atom is 0.251 e. The Balaban J connectivity index is 1.72. The van der Waals surface area contributed by atoms with Crippen LogP contribution in [0.1, 0.15) is 41.6 Å². The molecule has 1 aromatic carbocycles. The fourth-order valence-corrected chi connectivity index (χ4v) is 2.82. The molecule has 0 aliphatic heterocycles. The Labute approximate surface area is 146 Å². The van der Waals surface area contributed by atoms with Gasteiger partial charge in [0.15, 0.2) is 5.65 Å². The first-order chi connectivity index (χ1) is 12.1. The molecule has 6 nitrogen and oxygen atoms in total. The fourth-order valence-electron chi connectivity index (χ4n) is 2.82. The van der Waals surface area contributed by atoms with Gasteiger partial charge < -0.3 is 9.88 Å². The van der Waals surface area contributed by atoms with Crippen molar-refractivity contribution in [2.24, 2.45) is 0 Å². The summed E-state index contributed by atoms with van der Waals surface area (Å²) in [6.45, 7) is 4.64. The number of carbonyl (C=O) groups excluding carboxylic acids is 1. The first kappa shape index (κ1) is 16.7. The molecule has 0 aliphatic rings. The van der Waals surface area contributed by atoms with Crippen LogP contribution < -0.4 is 5.32 Å². The van der Waals surface area contributed by atoms with Crippen molar-refractivity contribution in [1.82, 2.24) is 19.9 Å². The van der Waals surface area contributed by atoms with Crippen molar-refractivity contribution in [3.05, 3.63) is 59.5 Å². The zero-order valence-corrected chi connectivity index (χ0v) is 14.2. The van der Waals surface area contributed by atoms with E-state index in [4.69, 9.17) is 5.26 Å². The van der Waals surface area contributed by atoms with E-state index in [0.717, 1.165) is 17.0 Å². The molecule has 2 heterocycles. The van der Waals surface area contributed by atoms with E-state index < -0.39 is 0 Å². The minimum absolute atomic E-state index is 0.192. The third-order valence-electron chi connectivity index (χ3n) is 3.93. The van der Waals surface area contributed by atoms with Crippen molar-refractivity contribution >= 4 is 17.1 Å². The highest BCUT2D eigenvalue weighted by atomic mass is 16.1. The van der Waals surface area contributed by atoms with Gasteiger partial charge in [-0.1, -0.05) is 6.07 Å². The lowest BCUT2D eigenvalue weighted by molar-refractivity contribution is 0.0954. The van der Waals surface area contributed by atoms with E-state index in [1.165, 1.54) is 0 Å². The summed E-state index contributed by atoms with van der Waals surface area (Å²) in [4.78, 5) is 21.3. The van der Waals surface area contributed by atoms with Gasteiger partial charge in [0.05, 0.1) is 11.6 Å². The number of nitrogens with zero attached hydrogens (tertiary/aromatic N) is 4. The molecule has 3 aromatic rings. The van der Waals surface area contributed by atoms with Crippen molar-refractivity contribution in [1.29, 1.82) is 5.26 Å². The number of imidazole rings is 1. The van der Waals surface area contributed by atoms with E-state index in [0.29, 0.717) is 24.1 Å². The second-order valence-corrected chi connectivity index (χ2v) is 6.04. The molecular formula is C19H19N5O. The van der Waals surface area contributed by atoms with Gasteiger partial charge in [0.2, 0.25) is 0 Å². The first-order valence-electron chi connectivity index (χ1n) is 8.20. The van der Waals surface area contributed by atoms with Crippen molar-refractivity contribution < 1.29 is 4.79 Å². The number of fused-ring (bicyclic) bond motifs is 1. The summed E-state index contributed by atoms with van der Waals surface area (Å²) >= 11 is 0. The normalized spacial score (nSPS) is 10.8. The third-order valence-corrected chi connectivity index (χ3v) is 3.93. The standard InChI is InChI=1S/C19H19N5O/c1-13(2)24-17(23-16-7-4-9-21-18(16)24)8-10-22-19(25)15-6-3-5-14(11-15)12-20/h3-7,9,11,13H,8,10H2,1-2H3,(H,22,25). The summed E-state index contributed by atoms with van der Waals surface area (Å²) in [5.74, 6) is 0.706. The number of nitrogens with one attached hydrogen (secondary N) is 1. The summed E-state index contributed by atoms with van der Waals surface area (Å²) < 4.78 is 2.10. The average molecular weight is 333 g/mol. The van der Waals surface area contributed by atoms with Gasteiger partial charge in [-0.3, -0.25) is 4.79 Å². The predicted molar refractivity (Wildman–Crippen MR) is 95.1 cm³/mol. The molecule has 25 heavy (non-hydrogen) atoms. The van der Waals surface area contributed by atoms with Gasteiger partial charge in [0, 0.05) is 30.8 Å². The molecule has 0 radical (unpaired) electrons. The van der Waals surface area contributed by atoms with Crippen molar-refractivity contribution in [2.75, 3.05) is 6.54 Å². The van der Waals surface area contributed by atoms with E-state index in [1.54, 1.807) is 30.5 Å². The SMILES string of the molecule is CC(C)n1c(CCNC(=O)c2cccc(C#N)c2)nc2cccnc21. The number of rotatable bonds is 5.